The summed E-state index contributed by atoms with van der Waals surface area (Å²) in [6.07, 6.45) is 1.50. The van der Waals surface area contributed by atoms with E-state index in [0.717, 1.165) is 16.8 Å². The Labute approximate surface area is 155 Å². The third-order valence-electron chi connectivity index (χ3n) is 3.32. The molecule has 2 rings (SSSR count). The summed E-state index contributed by atoms with van der Waals surface area (Å²) >= 11 is 3.43. The number of hydrogen-bond acceptors (Lipinski definition) is 5. The van der Waals surface area contributed by atoms with Gasteiger partial charge in [-0.3, -0.25) is 4.79 Å². The van der Waals surface area contributed by atoms with Crippen molar-refractivity contribution in [2.45, 2.75) is 13.8 Å². The van der Waals surface area contributed by atoms with E-state index in [0.29, 0.717) is 22.6 Å². The highest BCUT2D eigenvalue weighted by atomic mass is 79.9. The summed E-state index contributed by atoms with van der Waals surface area (Å²) in [5, 5.41) is 6.33. The molecule has 0 saturated carbocycles. The Morgan fingerprint density at radius 1 is 1.32 bits per heavy atom. The average Bonchev–Trinajstić information content (AvgIpc) is 2.57. The van der Waals surface area contributed by atoms with E-state index in [1.165, 1.54) is 6.21 Å². The number of anilines is 1. The van der Waals surface area contributed by atoms with Gasteiger partial charge in [0.2, 0.25) is 0 Å². The second kappa shape index (κ2) is 9.08. The van der Waals surface area contributed by atoms with Gasteiger partial charge in [0.25, 0.3) is 5.91 Å². The molecule has 132 valence electrons. The van der Waals surface area contributed by atoms with Gasteiger partial charge in [-0.15, -0.1) is 0 Å². The monoisotopic (exact) mass is 405 g/mol. The van der Waals surface area contributed by atoms with Gasteiger partial charge in [0.1, 0.15) is 0 Å². The molecule has 0 aliphatic rings. The number of benzene rings is 2. The van der Waals surface area contributed by atoms with Crippen molar-refractivity contribution in [3.63, 3.8) is 0 Å². The molecule has 0 aromatic heterocycles. The molecule has 0 fully saturated rings. The van der Waals surface area contributed by atoms with Gasteiger partial charge in [-0.2, -0.15) is 5.10 Å². The molecule has 3 N–H and O–H groups in total. The quantitative estimate of drug-likeness (QED) is 0.419. The maximum absolute atomic E-state index is 12.2. The number of hydrazone groups is 1. The summed E-state index contributed by atoms with van der Waals surface area (Å²) in [5.74, 6) is 5.90. The summed E-state index contributed by atoms with van der Waals surface area (Å²) in [6, 6.07) is 11.1. The number of carbonyl (C=O) groups is 1. The number of rotatable bonds is 7. The first-order valence-electron chi connectivity index (χ1n) is 7.73. The third-order valence-corrected chi connectivity index (χ3v) is 3.91. The van der Waals surface area contributed by atoms with E-state index >= 15 is 0 Å². The van der Waals surface area contributed by atoms with Crippen LogP contribution in [0.25, 0.3) is 0 Å². The average molecular weight is 406 g/mol. The molecule has 1 amide bonds. The van der Waals surface area contributed by atoms with Crippen molar-refractivity contribution in [1.29, 1.82) is 0 Å². The number of carbonyl (C=O) groups excluding carboxylic acids is 1. The van der Waals surface area contributed by atoms with Gasteiger partial charge in [0.15, 0.2) is 18.1 Å². The van der Waals surface area contributed by atoms with E-state index in [1.807, 2.05) is 38.1 Å². The molecule has 25 heavy (non-hydrogen) atoms. The van der Waals surface area contributed by atoms with Crippen LogP contribution in [0.2, 0.25) is 0 Å². The van der Waals surface area contributed by atoms with Crippen molar-refractivity contribution < 1.29 is 14.3 Å². The van der Waals surface area contributed by atoms with Gasteiger partial charge in [0, 0.05) is 5.69 Å². The molecule has 0 spiro atoms. The number of amides is 1. The molecule has 0 saturated heterocycles. The Hall–Kier alpha value is -2.54. The Kier molecular flexibility index (Phi) is 6.82. The summed E-state index contributed by atoms with van der Waals surface area (Å²) in [4.78, 5) is 12.2. The maximum Gasteiger partial charge on any atom is 0.262 e. The fourth-order valence-corrected chi connectivity index (χ4v) is 2.76. The Balaban J connectivity index is 2.11. The minimum Gasteiger partial charge on any atom is -0.490 e. The second-order valence-electron chi connectivity index (χ2n) is 5.19. The molecule has 0 heterocycles. The molecule has 0 atom stereocenters. The van der Waals surface area contributed by atoms with Crippen LogP contribution in [0.4, 0.5) is 5.69 Å². The van der Waals surface area contributed by atoms with Crippen molar-refractivity contribution in [2.75, 3.05) is 18.5 Å². The maximum atomic E-state index is 12.2. The topological polar surface area (TPSA) is 85.9 Å². The Bertz CT molecular complexity index is 778. The largest absolute Gasteiger partial charge is 0.490 e. The zero-order valence-electron chi connectivity index (χ0n) is 14.1. The zero-order chi connectivity index (χ0) is 18.2. The molecule has 0 aliphatic carbocycles. The van der Waals surface area contributed by atoms with E-state index in [-0.39, 0.29) is 12.5 Å². The number of para-hydroxylation sites is 1. The predicted molar refractivity (Wildman–Crippen MR) is 102 cm³/mol. The molecule has 7 heteroatoms. The van der Waals surface area contributed by atoms with Crippen LogP contribution in [0.1, 0.15) is 18.1 Å². The smallest absolute Gasteiger partial charge is 0.262 e. The van der Waals surface area contributed by atoms with Crippen molar-refractivity contribution >= 4 is 33.7 Å². The van der Waals surface area contributed by atoms with Crippen molar-refractivity contribution in [1.82, 2.24) is 0 Å². The first kappa shape index (κ1) is 18.8. The number of hydrogen-bond donors (Lipinski definition) is 2. The predicted octanol–water partition coefficient (Wildman–Crippen LogP) is 3.47. The SMILES string of the molecule is CCOc1cc(C=NN)cc(Br)c1OCC(=O)Nc1ccccc1C. The molecule has 0 unspecified atom stereocenters. The van der Waals surface area contributed by atoms with Gasteiger partial charge in [-0.25, -0.2) is 0 Å². The second-order valence-corrected chi connectivity index (χ2v) is 6.05. The molecular weight excluding hydrogens is 386 g/mol. The first-order valence-corrected chi connectivity index (χ1v) is 8.52. The van der Waals surface area contributed by atoms with E-state index in [2.05, 4.69) is 26.3 Å². The van der Waals surface area contributed by atoms with Gasteiger partial charge in [0.05, 0.1) is 17.3 Å². The van der Waals surface area contributed by atoms with Gasteiger partial charge in [-0.1, -0.05) is 18.2 Å². The normalized spacial score (nSPS) is 10.7. The standard InChI is InChI=1S/C18H20BrN3O3/c1-3-24-16-9-13(10-21-20)8-14(19)18(16)25-11-17(23)22-15-7-5-4-6-12(15)2/h4-10H,3,11,20H2,1-2H3,(H,22,23). The van der Waals surface area contributed by atoms with Crippen LogP contribution in [-0.2, 0) is 4.79 Å². The summed E-state index contributed by atoms with van der Waals surface area (Å²) in [6.45, 7) is 4.11. The highest BCUT2D eigenvalue weighted by Crippen LogP contribution is 2.36. The van der Waals surface area contributed by atoms with Crippen LogP contribution in [0.5, 0.6) is 11.5 Å². The highest BCUT2D eigenvalue weighted by Gasteiger charge is 2.14. The first-order chi connectivity index (χ1) is 12.0. The Morgan fingerprint density at radius 2 is 2.08 bits per heavy atom. The lowest BCUT2D eigenvalue weighted by Crippen LogP contribution is -2.21. The van der Waals surface area contributed by atoms with Gasteiger partial charge < -0.3 is 20.6 Å². The number of halogens is 1. The molecule has 6 nitrogen and oxygen atoms in total. The third kappa shape index (κ3) is 5.22. The Morgan fingerprint density at radius 3 is 2.76 bits per heavy atom. The lowest BCUT2D eigenvalue weighted by molar-refractivity contribution is -0.118. The van der Waals surface area contributed by atoms with Crippen LogP contribution in [0.15, 0.2) is 46.0 Å². The molecule has 0 bridgehead atoms. The zero-order valence-corrected chi connectivity index (χ0v) is 15.7. The van der Waals surface area contributed by atoms with Crippen LogP contribution in [-0.4, -0.2) is 25.3 Å². The number of nitrogens with one attached hydrogen (secondary N) is 1. The fraction of sp³-hybridized carbons (Fsp3) is 0.222. The minimum absolute atomic E-state index is 0.142. The minimum atomic E-state index is -0.253. The lowest BCUT2D eigenvalue weighted by Gasteiger charge is -2.15. The number of nitrogens with two attached hydrogens (primary N) is 1. The fourth-order valence-electron chi connectivity index (χ4n) is 2.19. The number of nitrogens with zero attached hydrogens (tertiary/aromatic N) is 1. The number of aryl methyl sites for hydroxylation is 1. The number of ether oxygens (including phenoxy) is 2. The molecular formula is C18H20BrN3O3. The van der Waals surface area contributed by atoms with E-state index < -0.39 is 0 Å². The van der Waals surface area contributed by atoms with Gasteiger partial charge in [-0.05, 0) is 59.1 Å². The van der Waals surface area contributed by atoms with Gasteiger partial charge >= 0.3 is 0 Å². The van der Waals surface area contributed by atoms with Crippen LogP contribution in [0, 0.1) is 6.92 Å². The highest BCUT2D eigenvalue weighted by molar-refractivity contribution is 9.10. The summed E-state index contributed by atoms with van der Waals surface area (Å²) < 4.78 is 11.9. The van der Waals surface area contributed by atoms with Crippen LogP contribution in [0.3, 0.4) is 0 Å². The van der Waals surface area contributed by atoms with Crippen molar-refractivity contribution in [3.8, 4) is 11.5 Å². The van der Waals surface area contributed by atoms with E-state index in [9.17, 15) is 4.79 Å². The molecule has 0 aliphatic heterocycles. The molecule has 2 aromatic carbocycles. The molecule has 2 aromatic rings. The summed E-state index contributed by atoms with van der Waals surface area (Å²) in [7, 11) is 0. The molecule has 0 radical (unpaired) electrons. The summed E-state index contributed by atoms with van der Waals surface area (Å²) in [5.41, 5.74) is 2.50. The van der Waals surface area contributed by atoms with Crippen molar-refractivity contribution in [3.05, 3.63) is 52.0 Å². The van der Waals surface area contributed by atoms with Crippen LogP contribution >= 0.6 is 15.9 Å². The lowest BCUT2D eigenvalue weighted by atomic mass is 10.2. The van der Waals surface area contributed by atoms with Crippen LogP contribution < -0.4 is 20.6 Å². The van der Waals surface area contributed by atoms with E-state index in [4.69, 9.17) is 15.3 Å². The van der Waals surface area contributed by atoms with Crippen molar-refractivity contribution in [2.24, 2.45) is 10.9 Å². The van der Waals surface area contributed by atoms with E-state index in [1.54, 1.807) is 12.1 Å².